The smallest absolute Gasteiger partial charge is 0.164 e. The van der Waals surface area contributed by atoms with Crippen LogP contribution in [0.25, 0.3) is 102 Å². The highest BCUT2D eigenvalue weighted by Gasteiger charge is 2.25. The molecule has 0 amide bonds. The maximum absolute atomic E-state index is 5.05. The molecule has 11 rings (SSSR count). The SMILES string of the molecule is c1ccc(-c2nc(-c3ccccc3)nc(-c3cccc(-n4c5ccccc5c5c6sc7ccccc7c6c6c7ncncc7sc6c54)c3)n2)cc1. The Morgan fingerprint density at radius 1 is 0.490 bits per heavy atom. The minimum absolute atomic E-state index is 0.625. The third kappa shape index (κ3) is 4.30. The van der Waals surface area contributed by atoms with Crippen LogP contribution in [0, 0.1) is 0 Å². The highest BCUT2D eigenvalue weighted by atomic mass is 32.1. The molecule has 8 heteroatoms. The molecule has 0 N–H and O–H groups in total. The first kappa shape index (κ1) is 28.5. The summed E-state index contributed by atoms with van der Waals surface area (Å²) in [6.07, 6.45) is 3.61. The van der Waals surface area contributed by atoms with Gasteiger partial charge in [-0.2, -0.15) is 0 Å². The topological polar surface area (TPSA) is 69.4 Å². The van der Waals surface area contributed by atoms with E-state index in [2.05, 4.69) is 82.3 Å². The molecule has 0 unspecified atom stereocenters. The van der Waals surface area contributed by atoms with Gasteiger partial charge in [0.2, 0.25) is 0 Å². The zero-order valence-electron chi connectivity index (χ0n) is 26.9. The number of para-hydroxylation sites is 1. The van der Waals surface area contributed by atoms with Crippen molar-refractivity contribution in [3.63, 3.8) is 0 Å². The highest BCUT2D eigenvalue weighted by Crippen LogP contribution is 2.51. The molecule has 0 aliphatic rings. The van der Waals surface area contributed by atoms with Gasteiger partial charge in [0.1, 0.15) is 6.33 Å². The summed E-state index contributed by atoms with van der Waals surface area (Å²) in [5.41, 5.74) is 7.15. The summed E-state index contributed by atoms with van der Waals surface area (Å²) in [5, 5.41) is 6.21. The molecule has 5 heterocycles. The van der Waals surface area contributed by atoms with Crippen LogP contribution in [0.1, 0.15) is 0 Å². The number of hydrogen-bond acceptors (Lipinski definition) is 7. The van der Waals surface area contributed by atoms with Gasteiger partial charge in [-0.3, -0.25) is 0 Å². The molecule has 0 saturated carbocycles. The van der Waals surface area contributed by atoms with E-state index in [1.54, 1.807) is 17.7 Å². The first-order valence-electron chi connectivity index (χ1n) is 16.7. The van der Waals surface area contributed by atoms with Gasteiger partial charge < -0.3 is 4.57 Å². The summed E-state index contributed by atoms with van der Waals surface area (Å²) in [5.74, 6) is 1.91. The van der Waals surface area contributed by atoms with E-state index in [-0.39, 0.29) is 0 Å². The second-order valence-electron chi connectivity index (χ2n) is 12.5. The monoisotopic (exact) mass is 688 g/mol. The van der Waals surface area contributed by atoms with Crippen molar-refractivity contribution in [3.8, 4) is 39.9 Å². The maximum Gasteiger partial charge on any atom is 0.164 e. The summed E-state index contributed by atoms with van der Waals surface area (Å²) in [6.45, 7) is 0. The van der Waals surface area contributed by atoms with Crippen LogP contribution in [0.4, 0.5) is 0 Å². The second kappa shape index (κ2) is 11.1. The van der Waals surface area contributed by atoms with E-state index >= 15 is 0 Å². The van der Waals surface area contributed by atoms with Crippen LogP contribution in [-0.2, 0) is 0 Å². The molecular formula is C43H24N6S2. The van der Waals surface area contributed by atoms with E-state index in [0.29, 0.717) is 17.5 Å². The lowest BCUT2D eigenvalue weighted by atomic mass is 10.0. The van der Waals surface area contributed by atoms with Crippen molar-refractivity contribution in [2.45, 2.75) is 0 Å². The van der Waals surface area contributed by atoms with Gasteiger partial charge in [0.15, 0.2) is 17.5 Å². The molecule has 0 bridgehead atoms. The van der Waals surface area contributed by atoms with Crippen molar-refractivity contribution in [1.82, 2.24) is 29.5 Å². The van der Waals surface area contributed by atoms with Gasteiger partial charge >= 0.3 is 0 Å². The number of hydrogen-bond donors (Lipinski definition) is 0. The van der Waals surface area contributed by atoms with E-state index in [1.165, 1.54) is 46.5 Å². The third-order valence-corrected chi connectivity index (χ3v) is 11.9. The predicted molar refractivity (Wildman–Crippen MR) is 212 cm³/mol. The first-order chi connectivity index (χ1) is 25.3. The molecule has 238 valence electrons. The minimum Gasteiger partial charge on any atom is -0.308 e. The maximum atomic E-state index is 5.05. The standard InChI is InChI=1S/C43H24N6S2/c1-3-12-25(13-4-1)41-46-42(26-14-5-2-6-15-26)48-43(47-41)27-16-11-17-28(22-27)49-31-20-9-7-18-29(31)35-38(49)40-36(37-33(51-40)23-44-24-45-37)34-30-19-8-10-21-32(30)50-39(34)35/h1-24H. The molecule has 0 spiro atoms. The number of aromatic nitrogens is 6. The number of nitrogens with zero attached hydrogens (tertiary/aromatic N) is 6. The lowest BCUT2D eigenvalue weighted by Gasteiger charge is -2.12. The number of rotatable bonds is 4. The summed E-state index contributed by atoms with van der Waals surface area (Å²) in [4.78, 5) is 24.3. The minimum atomic E-state index is 0.625. The molecule has 0 aliphatic carbocycles. The fraction of sp³-hybridized carbons (Fsp3) is 0. The van der Waals surface area contributed by atoms with Gasteiger partial charge in [-0.15, -0.1) is 22.7 Å². The fourth-order valence-corrected chi connectivity index (χ4v) is 9.84. The number of benzene rings is 6. The highest BCUT2D eigenvalue weighted by molar-refractivity contribution is 7.29. The molecular weight excluding hydrogens is 665 g/mol. The van der Waals surface area contributed by atoms with Crippen molar-refractivity contribution in [1.29, 1.82) is 0 Å². The Kier molecular flexibility index (Phi) is 6.19. The second-order valence-corrected chi connectivity index (χ2v) is 14.6. The third-order valence-electron chi connectivity index (χ3n) is 9.58. The van der Waals surface area contributed by atoms with E-state index in [1.807, 2.05) is 78.2 Å². The summed E-state index contributed by atoms with van der Waals surface area (Å²) in [7, 11) is 0. The lowest BCUT2D eigenvalue weighted by Crippen LogP contribution is -2.01. The molecule has 11 aromatic rings. The van der Waals surface area contributed by atoms with E-state index in [0.717, 1.165) is 38.1 Å². The Morgan fingerprint density at radius 3 is 1.88 bits per heavy atom. The van der Waals surface area contributed by atoms with Gasteiger partial charge in [-0.25, -0.2) is 24.9 Å². The van der Waals surface area contributed by atoms with Gasteiger partial charge in [-0.1, -0.05) is 109 Å². The summed E-state index contributed by atoms with van der Waals surface area (Å²) < 4.78 is 7.25. The Bertz CT molecular complexity index is 3090. The van der Waals surface area contributed by atoms with Gasteiger partial charge in [0, 0.05) is 64.9 Å². The first-order valence-corrected chi connectivity index (χ1v) is 18.3. The Hall–Kier alpha value is -6.35. The van der Waals surface area contributed by atoms with Crippen LogP contribution in [0.3, 0.4) is 0 Å². The van der Waals surface area contributed by atoms with Crippen molar-refractivity contribution in [3.05, 3.63) is 146 Å². The molecule has 0 saturated heterocycles. The number of thiophene rings is 2. The normalized spacial score (nSPS) is 11.9. The van der Waals surface area contributed by atoms with E-state index in [4.69, 9.17) is 19.9 Å². The van der Waals surface area contributed by atoms with Crippen molar-refractivity contribution < 1.29 is 0 Å². The van der Waals surface area contributed by atoms with Gasteiger partial charge in [-0.05, 0) is 24.3 Å². The van der Waals surface area contributed by atoms with Crippen LogP contribution in [0.2, 0.25) is 0 Å². The summed E-state index contributed by atoms with van der Waals surface area (Å²) in [6, 6.07) is 46.3. The predicted octanol–water partition coefficient (Wildman–Crippen LogP) is 11.5. The quantitative estimate of drug-likeness (QED) is 0.184. The van der Waals surface area contributed by atoms with E-state index < -0.39 is 0 Å². The fourth-order valence-electron chi connectivity index (χ4n) is 7.39. The van der Waals surface area contributed by atoms with Crippen LogP contribution in [0.15, 0.2) is 146 Å². The molecule has 0 aliphatic heterocycles. The Labute approximate surface area is 299 Å². The largest absolute Gasteiger partial charge is 0.308 e. The molecule has 51 heavy (non-hydrogen) atoms. The zero-order valence-corrected chi connectivity index (χ0v) is 28.5. The molecule has 6 nitrogen and oxygen atoms in total. The van der Waals surface area contributed by atoms with E-state index in [9.17, 15) is 0 Å². The average Bonchev–Trinajstić information content (AvgIpc) is 3.88. The molecule has 0 fully saturated rings. The van der Waals surface area contributed by atoms with Crippen LogP contribution in [-0.4, -0.2) is 29.5 Å². The molecule has 0 atom stereocenters. The van der Waals surface area contributed by atoms with Gasteiger partial charge in [0.05, 0.1) is 25.9 Å². The van der Waals surface area contributed by atoms with Crippen molar-refractivity contribution in [2.75, 3.05) is 0 Å². The zero-order chi connectivity index (χ0) is 33.5. The Balaban J connectivity index is 1.23. The lowest BCUT2D eigenvalue weighted by molar-refractivity contribution is 1.07. The molecule has 6 aromatic carbocycles. The van der Waals surface area contributed by atoms with Crippen LogP contribution < -0.4 is 0 Å². The number of fused-ring (bicyclic) bond motifs is 12. The van der Waals surface area contributed by atoms with Crippen molar-refractivity contribution in [2.24, 2.45) is 0 Å². The molecule has 5 aromatic heterocycles. The summed E-state index contributed by atoms with van der Waals surface area (Å²) >= 11 is 3.63. The van der Waals surface area contributed by atoms with Gasteiger partial charge in [0.25, 0.3) is 0 Å². The van der Waals surface area contributed by atoms with Crippen LogP contribution >= 0.6 is 22.7 Å². The Morgan fingerprint density at radius 2 is 1.12 bits per heavy atom. The van der Waals surface area contributed by atoms with Crippen molar-refractivity contribution >= 4 is 85.0 Å². The average molecular weight is 689 g/mol. The molecule has 0 radical (unpaired) electrons. The van der Waals surface area contributed by atoms with Crippen LogP contribution in [0.5, 0.6) is 0 Å².